The van der Waals surface area contributed by atoms with Crippen LogP contribution in [0.3, 0.4) is 0 Å². The van der Waals surface area contributed by atoms with Crippen molar-refractivity contribution in [2.75, 3.05) is 32.8 Å². The lowest BCUT2D eigenvalue weighted by molar-refractivity contribution is -0.151. The molecular weight excluding hydrogens is 342 g/mol. The molecule has 1 saturated carbocycles. The van der Waals surface area contributed by atoms with E-state index in [1.807, 2.05) is 12.3 Å². The molecule has 2 saturated heterocycles. The largest absolute Gasteiger partial charge is 0.377 e. The second-order valence-corrected chi connectivity index (χ2v) is 8.01. The molecule has 27 heavy (non-hydrogen) atoms. The third kappa shape index (κ3) is 4.86. The normalized spacial score (nSPS) is 28.3. The molecule has 3 aliphatic rings. The molecule has 148 valence electrons. The molecule has 3 unspecified atom stereocenters. The number of hydrogen-bond acceptors (Lipinski definition) is 5. The Morgan fingerprint density at radius 3 is 2.93 bits per heavy atom. The van der Waals surface area contributed by atoms with Crippen molar-refractivity contribution in [2.45, 2.75) is 63.3 Å². The molecule has 0 aromatic carbocycles. The van der Waals surface area contributed by atoms with Crippen LogP contribution < -0.4 is 0 Å². The van der Waals surface area contributed by atoms with Crippen molar-refractivity contribution in [3.05, 3.63) is 30.1 Å². The summed E-state index contributed by atoms with van der Waals surface area (Å²) in [5.74, 6) is 0.233. The van der Waals surface area contributed by atoms with Crippen LogP contribution in [0.15, 0.2) is 24.5 Å². The van der Waals surface area contributed by atoms with Crippen molar-refractivity contribution in [3.63, 3.8) is 0 Å². The van der Waals surface area contributed by atoms with Gasteiger partial charge >= 0.3 is 0 Å². The summed E-state index contributed by atoms with van der Waals surface area (Å²) < 4.78 is 11.8. The van der Waals surface area contributed by atoms with Gasteiger partial charge in [0.1, 0.15) is 0 Å². The number of morpholine rings is 1. The van der Waals surface area contributed by atoms with Crippen molar-refractivity contribution in [1.29, 1.82) is 0 Å². The summed E-state index contributed by atoms with van der Waals surface area (Å²) in [6.45, 7) is 4.21. The van der Waals surface area contributed by atoms with Gasteiger partial charge in [0.25, 0.3) is 0 Å². The molecule has 0 radical (unpaired) electrons. The van der Waals surface area contributed by atoms with Gasteiger partial charge in [-0.1, -0.05) is 18.9 Å². The number of ether oxygens (including phenoxy) is 2. The van der Waals surface area contributed by atoms with E-state index < -0.39 is 0 Å². The molecule has 1 aliphatic carbocycles. The van der Waals surface area contributed by atoms with E-state index in [1.165, 1.54) is 12.8 Å². The highest BCUT2D eigenvalue weighted by Gasteiger charge is 2.37. The van der Waals surface area contributed by atoms with Crippen molar-refractivity contribution in [1.82, 2.24) is 14.8 Å². The number of carbonyl (C=O) groups is 1. The maximum absolute atomic E-state index is 13.2. The minimum atomic E-state index is 0.233. The molecule has 1 aromatic rings. The zero-order chi connectivity index (χ0) is 18.5. The standard InChI is InChI=1S/C21H31N3O3/c25-21(24-10-12-27-20-8-2-1-7-19(20)24)16-23(15-18-6-4-11-26-18)14-17-5-3-9-22-13-17/h3,5,9,13,18-20H,1-2,4,6-8,10-12,14-16H2. The Labute approximate surface area is 161 Å². The van der Waals surface area contributed by atoms with Gasteiger partial charge in [-0.05, 0) is 37.3 Å². The zero-order valence-corrected chi connectivity index (χ0v) is 16.1. The summed E-state index contributed by atoms with van der Waals surface area (Å²) in [4.78, 5) is 21.8. The van der Waals surface area contributed by atoms with Crippen LogP contribution in [-0.2, 0) is 20.8 Å². The van der Waals surface area contributed by atoms with Crippen LogP contribution in [0.25, 0.3) is 0 Å². The topological polar surface area (TPSA) is 54.9 Å². The maximum Gasteiger partial charge on any atom is 0.237 e. The molecule has 3 atom stereocenters. The Hall–Kier alpha value is -1.50. The lowest BCUT2D eigenvalue weighted by Crippen LogP contribution is -2.57. The molecule has 1 aromatic heterocycles. The number of hydrogen-bond donors (Lipinski definition) is 0. The van der Waals surface area contributed by atoms with E-state index in [0.29, 0.717) is 13.2 Å². The Balaban J connectivity index is 1.41. The fourth-order valence-electron chi connectivity index (χ4n) is 4.70. The van der Waals surface area contributed by atoms with E-state index in [0.717, 1.165) is 57.5 Å². The van der Waals surface area contributed by atoms with Gasteiger partial charge in [0, 0.05) is 38.6 Å². The molecule has 3 fully saturated rings. The molecule has 0 bridgehead atoms. The fraction of sp³-hybridized carbons (Fsp3) is 0.714. The third-order valence-corrected chi connectivity index (χ3v) is 6.03. The Morgan fingerprint density at radius 1 is 1.19 bits per heavy atom. The molecule has 4 rings (SSSR count). The second kappa shape index (κ2) is 9.13. The third-order valence-electron chi connectivity index (χ3n) is 6.03. The van der Waals surface area contributed by atoms with Gasteiger partial charge in [-0.3, -0.25) is 14.7 Å². The summed E-state index contributed by atoms with van der Waals surface area (Å²) in [5.41, 5.74) is 1.14. The first-order chi connectivity index (χ1) is 13.3. The van der Waals surface area contributed by atoms with Crippen molar-refractivity contribution in [2.24, 2.45) is 0 Å². The number of fused-ring (bicyclic) bond motifs is 1. The summed E-state index contributed by atoms with van der Waals surface area (Å²) in [6, 6.07) is 4.30. The van der Waals surface area contributed by atoms with Gasteiger partial charge in [-0.25, -0.2) is 0 Å². The molecular formula is C21H31N3O3. The maximum atomic E-state index is 13.2. The van der Waals surface area contributed by atoms with Crippen molar-refractivity contribution in [3.8, 4) is 0 Å². The average Bonchev–Trinajstić information content (AvgIpc) is 3.21. The Morgan fingerprint density at radius 2 is 2.11 bits per heavy atom. The number of pyridine rings is 1. The van der Waals surface area contributed by atoms with Crippen LogP contribution in [0.1, 0.15) is 44.1 Å². The summed E-state index contributed by atoms with van der Waals surface area (Å²) in [7, 11) is 0. The summed E-state index contributed by atoms with van der Waals surface area (Å²) >= 11 is 0. The summed E-state index contributed by atoms with van der Waals surface area (Å²) in [5, 5.41) is 0. The van der Waals surface area contributed by atoms with Gasteiger partial charge < -0.3 is 14.4 Å². The molecule has 0 N–H and O–H groups in total. The number of aromatic nitrogens is 1. The first-order valence-electron chi connectivity index (χ1n) is 10.4. The van der Waals surface area contributed by atoms with Crippen molar-refractivity contribution < 1.29 is 14.3 Å². The van der Waals surface area contributed by atoms with Gasteiger partial charge in [-0.15, -0.1) is 0 Å². The van der Waals surface area contributed by atoms with Crippen LogP contribution in [0.5, 0.6) is 0 Å². The highest BCUT2D eigenvalue weighted by Crippen LogP contribution is 2.28. The van der Waals surface area contributed by atoms with Gasteiger partial charge in [-0.2, -0.15) is 0 Å². The highest BCUT2D eigenvalue weighted by atomic mass is 16.5. The second-order valence-electron chi connectivity index (χ2n) is 8.01. The predicted molar refractivity (Wildman–Crippen MR) is 102 cm³/mol. The van der Waals surface area contributed by atoms with E-state index in [4.69, 9.17) is 9.47 Å². The van der Waals surface area contributed by atoms with E-state index in [2.05, 4.69) is 20.9 Å². The first kappa shape index (κ1) is 18.8. The van der Waals surface area contributed by atoms with Crippen LogP contribution in [0.2, 0.25) is 0 Å². The smallest absolute Gasteiger partial charge is 0.237 e. The van der Waals surface area contributed by atoms with Crippen molar-refractivity contribution >= 4 is 5.91 Å². The zero-order valence-electron chi connectivity index (χ0n) is 16.1. The number of amides is 1. The number of rotatable bonds is 6. The summed E-state index contributed by atoms with van der Waals surface area (Å²) in [6.07, 6.45) is 10.9. The molecule has 1 amide bonds. The van der Waals surface area contributed by atoms with Crippen LogP contribution in [0.4, 0.5) is 0 Å². The fourth-order valence-corrected chi connectivity index (χ4v) is 4.70. The van der Waals surface area contributed by atoms with Gasteiger partial charge in [0.2, 0.25) is 5.91 Å². The predicted octanol–water partition coefficient (Wildman–Crippen LogP) is 2.23. The minimum Gasteiger partial charge on any atom is -0.377 e. The number of carbonyl (C=O) groups excluding carboxylic acids is 1. The lowest BCUT2D eigenvalue weighted by Gasteiger charge is -2.44. The minimum absolute atomic E-state index is 0.233. The number of nitrogens with zero attached hydrogens (tertiary/aromatic N) is 3. The van der Waals surface area contributed by atoms with Crippen LogP contribution >= 0.6 is 0 Å². The average molecular weight is 373 g/mol. The van der Waals surface area contributed by atoms with E-state index in [1.54, 1.807) is 6.20 Å². The first-order valence-corrected chi connectivity index (χ1v) is 10.4. The molecule has 2 aliphatic heterocycles. The lowest BCUT2D eigenvalue weighted by atomic mass is 9.90. The molecule has 6 heteroatoms. The van der Waals surface area contributed by atoms with Gasteiger partial charge in [0.05, 0.1) is 31.4 Å². The SMILES string of the molecule is O=C(CN(Cc1cccnc1)CC1CCCO1)N1CCOC2CCCCC21. The monoisotopic (exact) mass is 373 g/mol. The van der Waals surface area contributed by atoms with E-state index in [9.17, 15) is 4.79 Å². The molecule has 6 nitrogen and oxygen atoms in total. The Kier molecular flexibility index (Phi) is 6.37. The Bertz CT molecular complexity index is 604. The van der Waals surface area contributed by atoms with E-state index in [-0.39, 0.29) is 24.2 Å². The molecule has 3 heterocycles. The van der Waals surface area contributed by atoms with Crippen LogP contribution in [0, 0.1) is 0 Å². The van der Waals surface area contributed by atoms with Crippen LogP contribution in [-0.4, -0.2) is 71.8 Å². The van der Waals surface area contributed by atoms with Gasteiger partial charge in [0.15, 0.2) is 0 Å². The quantitative estimate of drug-likeness (QED) is 0.765. The molecule has 0 spiro atoms. The highest BCUT2D eigenvalue weighted by molar-refractivity contribution is 5.78. The van der Waals surface area contributed by atoms with E-state index >= 15 is 0 Å².